The average molecular weight is 918 g/mol. The fraction of sp³-hybridized carbons (Fsp3) is 0.435. The van der Waals surface area contributed by atoms with Crippen LogP contribution in [0.25, 0.3) is 0 Å². The predicted octanol–water partition coefficient (Wildman–Crippen LogP) is 1.20. The molecular weight excluding hydrogens is 859 g/mol. The number of phenolic OH excluding ortho intramolecular Hbond substituents is 2. The minimum atomic E-state index is -1.49. The number of Topliss-reactive ketones (excluding diaryl/α,β-unsaturated/α-hetero) is 1. The Labute approximate surface area is 382 Å². The van der Waals surface area contributed by atoms with Crippen LogP contribution in [0.5, 0.6) is 11.5 Å². The lowest BCUT2D eigenvalue weighted by Crippen LogP contribution is -2.61. The van der Waals surface area contributed by atoms with Gasteiger partial charge in [-0.25, -0.2) is 4.79 Å². The van der Waals surface area contributed by atoms with Crippen LogP contribution in [0.3, 0.4) is 0 Å². The van der Waals surface area contributed by atoms with E-state index >= 15 is 0 Å². The lowest BCUT2D eigenvalue weighted by molar-refractivity contribution is -0.142. The number of carbonyl (C=O) groups is 8. The van der Waals surface area contributed by atoms with E-state index in [2.05, 4.69) is 44.5 Å². The van der Waals surface area contributed by atoms with Crippen LogP contribution in [0.4, 0.5) is 0 Å². The van der Waals surface area contributed by atoms with Crippen LogP contribution < -0.4 is 37.6 Å². The number of ketones is 1. The maximum atomic E-state index is 14.4. The van der Waals surface area contributed by atoms with Crippen LogP contribution in [-0.4, -0.2) is 111 Å². The highest BCUT2D eigenvalue weighted by Crippen LogP contribution is 2.17. The molecule has 0 aliphatic carbocycles. The fourth-order valence-corrected chi connectivity index (χ4v) is 7.30. The van der Waals surface area contributed by atoms with E-state index in [1.807, 2.05) is 0 Å². The van der Waals surface area contributed by atoms with Crippen molar-refractivity contribution in [2.75, 3.05) is 12.3 Å². The van der Waals surface area contributed by atoms with Crippen molar-refractivity contribution in [1.82, 2.24) is 31.9 Å². The molecule has 0 radical (unpaired) electrons. The Morgan fingerprint density at radius 3 is 1.69 bits per heavy atom. The van der Waals surface area contributed by atoms with Gasteiger partial charge in [-0.3, -0.25) is 33.6 Å². The van der Waals surface area contributed by atoms with Gasteiger partial charge in [0.15, 0.2) is 5.78 Å². The summed E-state index contributed by atoms with van der Waals surface area (Å²) in [6.45, 7) is 3.78. The first-order chi connectivity index (χ1) is 31.0. The molecule has 0 aromatic heterocycles. The van der Waals surface area contributed by atoms with Crippen LogP contribution in [-0.2, 0) is 52.8 Å². The quantitative estimate of drug-likeness (QED) is 0.0695. The van der Waals surface area contributed by atoms with Crippen LogP contribution >= 0.6 is 12.6 Å². The lowest BCUT2D eigenvalue weighted by atomic mass is 9.96. The Balaban J connectivity index is 1.77. The van der Waals surface area contributed by atoms with Crippen LogP contribution in [0.2, 0.25) is 0 Å². The summed E-state index contributed by atoms with van der Waals surface area (Å²) in [6.07, 6.45) is 0.251. The highest BCUT2D eigenvalue weighted by molar-refractivity contribution is 7.80. The monoisotopic (exact) mass is 917 g/mol. The number of benzene rings is 3. The summed E-state index contributed by atoms with van der Waals surface area (Å²) in [4.78, 5) is 109. The van der Waals surface area contributed by atoms with E-state index in [0.29, 0.717) is 36.0 Å². The van der Waals surface area contributed by atoms with Gasteiger partial charge in [0.1, 0.15) is 47.8 Å². The summed E-state index contributed by atoms with van der Waals surface area (Å²) in [6, 6.07) is 9.69. The van der Waals surface area contributed by atoms with Gasteiger partial charge in [-0.1, -0.05) is 68.8 Å². The number of rotatable bonds is 12. The van der Waals surface area contributed by atoms with Crippen molar-refractivity contribution in [3.8, 4) is 11.5 Å². The van der Waals surface area contributed by atoms with E-state index in [9.17, 15) is 53.7 Å². The average Bonchev–Trinajstić information content (AvgIpc) is 3.28. The Morgan fingerprint density at radius 1 is 0.662 bits per heavy atom. The molecule has 18 nitrogen and oxygen atoms in total. The maximum absolute atomic E-state index is 14.4. The van der Waals surface area contributed by atoms with Crippen molar-refractivity contribution in [1.29, 1.82) is 0 Å². The van der Waals surface area contributed by atoms with Crippen molar-refractivity contribution < 1.29 is 53.7 Å². The number of carboxylic acid groups (broad SMARTS) is 1. The summed E-state index contributed by atoms with van der Waals surface area (Å²) < 4.78 is 0. The van der Waals surface area contributed by atoms with Crippen molar-refractivity contribution in [3.05, 3.63) is 95.1 Å². The molecule has 2 aliphatic heterocycles. The van der Waals surface area contributed by atoms with Gasteiger partial charge in [0, 0.05) is 43.4 Å². The first-order valence-corrected chi connectivity index (χ1v) is 22.2. The minimum absolute atomic E-state index is 0.0425. The van der Waals surface area contributed by atoms with Gasteiger partial charge in [-0.05, 0) is 72.7 Å². The molecule has 65 heavy (non-hydrogen) atoms. The summed E-state index contributed by atoms with van der Waals surface area (Å²) >= 11 is 4.25. The van der Waals surface area contributed by atoms with Gasteiger partial charge in [-0.15, -0.1) is 0 Å². The first-order valence-electron chi connectivity index (χ1n) is 21.5. The van der Waals surface area contributed by atoms with Gasteiger partial charge in [0.2, 0.25) is 35.4 Å². The van der Waals surface area contributed by atoms with E-state index in [1.54, 1.807) is 26.0 Å². The molecule has 350 valence electrons. The largest absolute Gasteiger partial charge is 0.508 e. The highest BCUT2D eigenvalue weighted by atomic mass is 32.1. The third-order valence-corrected chi connectivity index (χ3v) is 11.5. The zero-order chi connectivity index (χ0) is 47.6. The molecule has 2 aliphatic rings. The van der Waals surface area contributed by atoms with Gasteiger partial charge in [-0.2, -0.15) is 12.6 Å². The molecule has 7 atom stereocenters. The zero-order valence-corrected chi connectivity index (χ0v) is 37.3. The maximum Gasteiger partial charge on any atom is 0.326 e. The van der Waals surface area contributed by atoms with E-state index in [1.165, 1.54) is 60.7 Å². The van der Waals surface area contributed by atoms with Gasteiger partial charge < -0.3 is 53.0 Å². The van der Waals surface area contributed by atoms with Crippen molar-refractivity contribution >= 4 is 59.8 Å². The SMILES string of the molecule is CC[C@H](C)[C@@H]1NC(=O)[C@H](CS)NC(=O)CCC(=O)c2ccc(cc2)C[C@@H](C(=O)O)NC(=O)[C@H](Cc2ccc(O)cc2)NC(=O)[C@H](CCCCN)NC(=O)[C@H](Cc2ccc(O)cc2)NC1=O. The topological polar surface area (TPSA) is 295 Å². The molecule has 5 rings (SSSR count). The molecule has 6 amide bonds. The molecule has 0 fully saturated rings. The fourth-order valence-electron chi connectivity index (χ4n) is 7.04. The van der Waals surface area contributed by atoms with E-state index in [4.69, 9.17) is 5.73 Å². The molecule has 2 bridgehead atoms. The first kappa shape index (κ1) is 51.2. The normalized spacial score (nSPS) is 22.7. The van der Waals surface area contributed by atoms with Gasteiger partial charge >= 0.3 is 5.97 Å². The molecule has 11 N–H and O–H groups in total. The third-order valence-electron chi connectivity index (χ3n) is 11.1. The minimum Gasteiger partial charge on any atom is -0.508 e. The number of nitrogens with one attached hydrogen (secondary N) is 6. The number of carboxylic acids is 1. The summed E-state index contributed by atoms with van der Waals surface area (Å²) in [5.41, 5.74) is 7.46. The number of thiol groups is 1. The van der Waals surface area contributed by atoms with E-state index in [-0.39, 0.29) is 67.9 Å². The zero-order valence-electron chi connectivity index (χ0n) is 36.4. The summed E-state index contributed by atoms with van der Waals surface area (Å²) in [5.74, 6) is -7.13. The molecule has 19 heteroatoms. The van der Waals surface area contributed by atoms with E-state index < -0.39 is 89.4 Å². The number of hydrogen-bond donors (Lipinski definition) is 11. The molecule has 0 unspecified atom stereocenters. The molecule has 3 aromatic rings. The van der Waals surface area contributed by atoms with Crippen LogP contribution in [0, 0.1) is 5.92 Å². The van der Waals surface area contributed by atoms with Gasteiger partial charge in [0.25, 0.3) is 0 Å². The van der Waals surface area contributed by atoms with Crippen molar-refractivity contribution in [3.63, 3.8) is 0 Å². The number of aliphatic carboxylic acids is 1. The van der Waals surface area contributed by atoms with Crippen molar-refractivity contribution in [2.45, 2.75) is 108 Å². The van der Waals surface area contributed by atoms with Gasteiger partial charge in [0.05, 0.1) is 0 Å². The Hall–Kier alpha value is -6.47. The number of phenols is 2. The molecule has 3 aromatic carbocycles. The summed E-state index contributed by atoms with van der Waals surface area (Å²) in [5, 5.41) is 46.0. The lowest BCUT2D eigenvalue weighted by Gasteiger charge is -2.29. The Morgan fingerprint density at radius 2 is 1.17 bits per heavy atom. The second kappa shape index (κ2) is 25.1. The second-order valence-electron chi connectivity index (χ2n) is 16.1. The number of carbonyl (C=O) groups excluding carboxylic acids is 7. The smallest absolute Gasteiger partial charge is 0.326 e. The molecule has 0 spiro atoms. The number of nitrogens with two attached hydrogens (primary N) is 1. The second-order valence-corrected chi connectivity index (χ2v) is 16.5. The number of fused-ring (bicyclic) bond motifs is 23. The standard InChI is InChI=1S/C46H59N7O11S/c1-3-26(2)40-45(62)51-35(23-29-11-17-32(55)18-12-29)42(59)49-33(6-4-5-21-47)41(58)50-34(22-28-9-15-31(54)16-10-28)43(60)52-36(46(63)64)24-27-7-13-30(14-8-27)38(56)19-20-39(57)48-37(25-65)44(61)53-40/h7-18,26,33-37,40,54-55,65H,3-6,19-25,47H2,1-2H3,(H,48,57)(H,49,59)(H,50,58)(H,51,62)(H,52,60)(H,53,61)(H,63,64)/t26-,33-,34-,35-,36-,37-,40-/m0/s1. The third kappa shape index (κ3) is 15.9. The summed E-state index contributed by atoms with van der Waals surface area (Å²) in [7, 11) is 0. The van der Waals surface area contributed by atoms with Crippen LogP contribution in [0.15, 0.2) is 72.8 Å². The molecule has 2 heterocycles. The predicted molar refractivity (Wildman–Crippen MR) is 243 cm³/mol. The highest BCUT2D eigenvalue weighted by Gasteiger charge is 2.35. The number of amides is 6. The number of hydrogen-bond acceptors (Lipinski definition) is 12. The van der Waals surface area contributed by atoms with E-state index in [0.717, 1.165) is 0 Å². The Bertz CT molecular complexity index is 2140. The number of aromatic hydroxyl groups is 2. The Kier molecular flexibility index (Phi) is 19.8. The molecular formula is C46H59N7O11S. The van der Waals surface area contributed by atoms with Crippen LogP contribution in [0.1, 0.15) is 79.4 Å². The number of unbranched alkanes of at least 4 members (excludes halogenated alkanes) is 1. The van der Waals surface area contributed by atoms with Crippen molar-refractivity contribution in [2.24, 2.45) is 11.7 Å². The molecule has 0 saturated carbocycles. The molecule has 0 saturated heterocycles.